The SMILES string of the molecule is [2H]c1c([2H])c([2H])c(-c2nc(-c3cccc(-n4c5ccccc5c5cnccc54)c3-n3c4ccccc4c4cnccc43)nc(-n3c4c([2H])c([2H])c([2H])c([2H])c4c4c([2H])c([2H])c([2H])c([2H])c43)n2)c([2H])c1[2H]. The quantitative estimate of drug-likeness (QED) is 0.175. The Morgan fingerprint density at radius 2 is 0.965 bits per heavy atom. The van der Waals surface area contributed by atoms with Gasteiger partial charge in [0, 0.05) is 68.2 Å². The first-order valence-electron chi connectivity index (χ1n) is 24.4. The molecule has 0 saturated heterocycles. The van der Waals surface area contributed by atoms with Gasteiger partial charge in [0.25, 0.3) is 0 Å². The van der Waals surface area contributed by atoms with Gasteiger partial charge >= 0.3 is 0 Å². The summed E-state index contributed by atoms with van der Waals surface area (Å²) in [5.41, 5.74) is 3.58. The summed E-state index contributed by atoms with van der Waals surface area (Å²) < 4.78 is 121. The van der Waals surface area contributed by atoms with E-state index in [1.165, 1.54) is 0 Å². The van der Waals surface area contributed by atoms with Crippen LogP contribution in [-0.4, -0.2) is 38.6 Å². The maximum Gasteiger partial charge on any atom is 0.238 e. The fourth-order valence-electron chi connectivity index (χ4n) is 7.94. The van der Waals surface area contributed by atoms with Crippen LogP contribution in [0.2, 0.25) is 0 Å². The summed E-state index contributed by atoms with van der Waals surface area (Å²) >= 11 is 0. The zero-order valence-corrected chi connectivity index (χ0v) is 29.4. The number of hydrogen-bond donors (Lipinski definition) is 0. The van der Waals surface area contributed by atoms with Gasteiger partial charge in [0.15, 0.2) is 11.6 Å². The topological polar surface area (TPSA) is 79.2 Å². The lowest BCUT2D eigenvalue weighted by Crippen LogP contribution is -2.10. The molecule has 6 aromatic heterocycles. The second-order valence-electron chi connectivity index (χ2n) is 13.2. The molecule has 0 aliphatic heterocycles. The minimum atomic E-state index is -0.679. The van der Waals surface area contributed by atoms with Gasteiger partial charge in [-0.2, -0.15) is 9.97 Å². The van der Waals surface area contributed by atoms with Crippen LogP contribution in [0.4, 0.5) is 0 Å². The van der Waals surface area contributed by atoms with E-state index >= 15 is 0 Å². The summed E-state index contributed by atoms with van der Waals surface area (Å²) in [6, 6.07) is 16.6. The standard InChI is InChI=1S/C49H30N8/c1-2-13-31(14-3-1)47-52-48(54-49(53-47)57-41-22-10-4-15-32(41)33-16-5-11-23-42(33)57)36-19-12-24-45(55-39-20-8-6-17-34(39)37-29-50-27-25-43(37)55)46(36)56-40-21-9-7-18-35(40)38-30-51-28-26-44(38)56/h1-30H/i1D,2D,3D,4D,5D,10D,11D,13D,14D,15D,16D,22D,23D. The Morgan fingerprint density at radius 3 is 1.65 bits per heavy atom. The van der Waals surface area contributed by atoms with Crippen molar-refractivity contribution in [3.63, 3.8) is 0 Å². The molecule has 0 N–H and O–H groups in total. The third-order valence-electron chi connectivity index (χ3n) is 10.2. The Kier molecular flexibility index (Phi) is 4.57. The number of para-hydroxylation sites is 5. The highest BCUT2D eigenvalue weighted by Crippen LogP contribution is 2.42. The van der Waals surface area contributed by atoms with Crippen LogP contribution in [0.25, 0.3) is 106 Å². The lowest BCUT2D eigenvalue weighted by Gasteiger charge is -2.20. The molecule has 266 valence electrons. The van der Waals surface area contributed by atoms with Crippen molar-refractivity contribution in [1.29, 1.82) is 0 Å². The summed E-state index contributed by atoms with van der Waals surface area (Å²) in [7, 11) is 0. The number of hydrogen-bond acceptors (Lipinski definition) is 5. The lowest BCUT2D eigenvalue weighted by molar-refractivity contribution is 0.950. The molecular formula is C49H30N8. The number of pyridine rings is 2. The van der Waals surface area contributed by atoms with E-state index in [1.54, 1.807) is 36.9 Å². The Bertz CT molecular complexity index is 4100. The van der Waals surface area contributed by atoms with Crippen LogP contribution < -0.4 is 0 Å². The van der Waals surface area contributed by atoms with Gasteiger partial charge in [-0.3, -0.25) is 14.5 Å². The van der Waals surface area contributed by atoms with E-state index in [0.717, 1.165) is 48.2 Å². The minimum absolute atomic E-state index is 0.136. The molecule has 8 nitrogen and oxygen atoms in total. The molecule has 0 aliphatic rings. The molecule has 6 heterocycles. The minimum Gasteiger partial charge on any atom is -0.307 e. The molecule has 0 amide bonds. The van der Waals surface area contributed by atoms with Crippen molar-refractivity contribution in [3.8, 4) is 40.1 Å². The molecule has 0 atom stereocenters. The molecule has 0 unspecified atom stereocenters. The largest absolute Gasteiger partial charge is 0.307 e. The van der Waals surface area contributed by atoms with Gasteiger partial charge < -0.3 is 9.13 Å². The fourth-order valence-corrected chi connectivity index (χ4v) is 7.94. The average Bonchev–Trinajstić information content (AvgIpc) is 4.04. The second-order valence-corrected chi connectivity index (χ2v) is 13.2. The highest BCUT2D eigenvalue weighted by molar-refractivity contribution is 6.12. The molecular weight excluding hydrogens is 701 g/mol. The van der Waals surface area contributed by atoms with E-state index in [0.29, 0.717) is 16.9 Å². The van der Waals surface area contributed by atoms with Crippen LogP contribution in [0.1, 0.15) is 17.8 Å². The van der Waals surface area contributed by atoms with Gasteiger partial charge in [-0.1, -0.05) is 109 Å². The van der Waals surface area contributed by atoms with Gasteiger partial charge in [-0.25, -0.2) is 4.98 Å². The summed E-state index contributed by atoms with van der Waals surface area (Å²) in [5.74, 6) is -1.00. The Morgan fingerprint density at radius 1 is 0.404 bits per heavy atom. The van der Waals surface area contributed by atoms with Crippen LogP contribution in [0.3, 0.4) is 0 Å². The van der Waals surface area contributed by atoms with Gasteiger partial charge in [0.2, 0.25) is 5.95 Å². The highest BCUT2D eigenvalue weighted by atomic mass is 15.2. The van der Waals surface area contributed by atoms with E-state index < -0.39 is 95.9 Å². The zero-order chi connectivity index (χ0) is 48.8. The van der Waals surface area contributed by atoms with E-state index in [1.807, 2.05) is 71.3 Å². The molecule has 0 bridgehead atoms. The molecule has 12 aromatic rings. The first-order valence-corrected chi connectivity index (χ1v) is 17.9. The van der Waals surface area contributed by atoms with Crippen molar-refractivity contribution in [2.24, 2.45) is 0 Å². The molecule has 0 fully saturated rings. The summed E-state index contributed by atoms with van der Waals surface area (Å²) in [5, 5.41) is 2.99. The van der Waals surface area contributed by atoms with Crippen LogP contribution in [-0.2, 0) is 0 Å². The highest BCUT2D eigenvalue weighted by Gasteiger charge is 2.25. The first-order chi connectivity index (χ1) is 33.7. The fraction of sp³-hybridized carbons (Fsp3) is 0. The molecule has 0 spiro atoms. The molecule has 0 saturated carbocycles. The van der Waals surface area contributed by atoms with Gasteiger partial charge in [0.1, 0.15) is 0 Å². The van der Waals surface area contributed by atoms with E-state index in [4.69, 9.17) is 30.0 Å². The number of aromatic nitrogens is 8. The van der Waals surface area contributed by atoms with Crippen LogP contribution in [0, 0.1) is 0 Å². The van der Waals surface area contributed by atoms with E-state index in [9.17, 15) is 2.74 Å². The number of nitrogens with zero attached hydrogens (tertiary/aromatic N) is 8. The molecule has 6 aromatic carbocycles. The number of benzene rings is 6. The molecule has 0 aliphatic carbocycles. The van der Waals surface area contributed by atoms with Crippen molar-refractivity contribution in [2.75, 3.05) is 0 Å². The number of fused-ring (bicyclic) bond motifs is 9. The Labute approximate surface area is 343 Å². The van der Waals surface area contributed by atoms with Crippen molar-refractivity contribution >= 4 is 65.4 Å². The van der Waals surface area contributed by atoms with Crippen LogP contribution in [0.15, 0.2) is 182 Å². The van der Waals surface area contributed by atoms with Gasteiger partial charge in [-0.15, -0.1) is 0 Å². The van der Waals surface area contributed by atoms with Crippen LogP contribution in [0.5, 0.6) is 0 Å². The normalized spacial score (nSPS) is 15.1. The van der Waals surface area contributed by atoms with Crippen molar-refractivity contribution in [1.82, 2.24) is 38.6 Å². The molecule has 8 heteroatoms. The number of rotatable bonds is 5. The maximum atomic E-state index is 9.26. The monoisotopic (exact) mass is 743 g/mol. The third-order valence-corrected chi connectivity index (χ3v) is 10.2. The summed E-state index contributed by atoms with van der Waals surface area (Å²) in [4.78, 5) is 23.7. The van der Waals surface area contributed by atoms with E-state index in [-0.39, 0.29) is 27.6 Å². The predicted octanol–water partition coefficient (Wildman–Crippen LogP) is 11.3. The second kappa shape index (κ2) is 12.3. The summed E-state index contributed by atoms with van der Waals surface area (Å²) in [6.45, 7) is 0. The molecule has 12 rings (SSSR count). The Hall–Kier alpha value is -7.97. The molecule has 0 radical (unpaired) electrons. The van der Waals surface area contributed by atoms with Crippen molar-refractivity contribution in [2.45, 2.75) is 0 Å². The summed E-state index contributed by atoms with van der Waals surface area (Å²) in [6.07, 6.45) is 6.94. The van der Waals surface area contributed by atoms with Crippen LogP contribution >= 0.6 is 0 Å². The lowest BCUT2D eigenvalue weighted by atomic mass is 10.1. The predicted molar refractivity (Wildman–Crippen MR) is 229 cm³/mol. The van der Waals surface area contributed by atoms with Crippen molar-refractivity contribution in [3.05, 3.63) is 182 Å². The zero-order valence-electron chi connectivity index (χ0n) is 42.4. The van der Waals surface area contributed by atoms with Gasteiger partial charge in [0.05, 0.1) is 62.3 Å². The smallest absolute Gasteiger partial charge is 0.238 e. The third kappa shape index (κ3) is 4.64. The van der Waals surface area contributed by atoms with E-state index in [2.05, 4.69) is 14.5 Å². The Balaban J connectivity index is 1.31. The first kappa shape index (κ1) is 21.2. The van der Waals surface area contributed by atoms with Gasteiger partial charge in [-0.05, 0) is 48.5 Å². The molecule has 57 heavy (non-hydrogen) atoms. The average molecular weight is 744 g/mol. The van der Waals surface area contributed by atoms with Crippen molar-refractivity contribution < 1.29 is 17.8 Å². The maximum absolute atomic E-state index is 9.26.